The predicted octanol–water partition coefficient (Wildman–Crippen LogP) is 3.29. The van der Waals surface area contributed by atoms with Gasteiger partial charge in [-0.15, -0.1) is 5.16 Å². The van der Waals surface area contributed by atoms with Crippen LogP contribution in [0.3, 0.4) is 0 Å². The van der Waals surface area contributed by atoms with Crippen LogP contribution in [0.25, 0.3) is 0 Å². The van der Waals surface area contributed by atoms with Gasteiger partial charge in [0.15, 0.2) is 0 Å². The van der Waals surface area contributed by atoms with Gasteiger partial charge in [0, 0.05) is 5.56 Å². The lowest BCUT2D eigenvalue weighted by atomic mass is 9.92. The Morgan fingerprint density at radius 1 is 1.06 bits per heavy atom. The molecule has 0 aliphatic heterocycles. The molecule has 92 valence electrons. The first-order valence-electron chi connectivity index (χ1n) is 5.72. The van der Waals surface area contributed by atoms with Gasteiger partial charge in [-0.2, -0.15) is 0 Å². The SMILES string of the molecule is COc1ccccc1C(/C=N/O)c1ccccc1. The van der Waals surface area contributed by atoms with Gasteiger partial charge in [-0.1, -0.05) is 48.5 Å². The molecule has 2 rings (SSSR count). The number of rotatable bonds is 4. The Labute approximate surface area is 106 Å². The minimum atomic E-state index is -0.118. The van der Waals surface area contributed by atoms with E-state index in [1.165, 1.54) is 6.21 Å². The number of oxime groups is 1. The molecule has 0 amide bonds. The van der Waals surface area contributed by atoms with Gasteiger partial charge in [0.1, 0.15) is 5.75 Å². The van der Waals surface area contributed by atoms with Crippen LogP contribution < -0.4 is 4.74 Å². The molecule has 0 bridgehead atoms. The van der Waals surface area contributed by atoms with E-state index in [2.05, 4.69) is 5.16 Å². The summed E-state index contributed by atoms with van der Waals surface area (Å²) in [6.45, 7) is 0. The van der Waals surface area contributed by atoms with Crippen LogP contribution in [0.1, 0.15) is 17.0 Å². The van der Waals surface area contributed by atoms with Gasteiger partial charge < -0.3 is 9.94 Å². The molecule has 0 aliphatic carbocycles. The number of benzene rings is 2. The van der Waals surface area contributed by atoms with E-state index in [1.807, 2.05) is 54.6 Å². The number of ether oxygens (including phenoxy) is 1. The zero-order chi connectivity index (χ0) is 12.8. The molecule has 1 unspecified atom stereocenters. The maximum Gasteiger partial charge on any atom is 0.123 e. The van der Waals surface area contributed by atoms with Crippen LogP contribution >= 0.6 is 0 Å². The minimum Gasteiger partial charge on any atom is -0.496 e. The van der Waals surface area contributed by atoms with Gasteiger partial charge in [-0.25, -0.2) is 0 Å². The molecule has 3 nitrogen and oxygen atoms in total. The van der Waals surface area contributed by atoms with E-state index < -0.39 is 0 Å². The Hall–Kier alpha value is -2.29. The van der Waals surface area contributed by atoms with Gasteiger partial charge >= 0.3 is 0 Å². The summed E-state index contributed by atoms with van der Waals surface area (Å²) in [6.07, 6.45) is 1.51. The van der Waals surface area contributed by atoms with Crippen LogP contribution in [0.2, 0.25) is 0 Å². The first kappa shape index (κ1) is 12.2. The number of para-hydroxylation sites is 1. The second kappa shape index (κ2) is 5.87. The van der Waals surface area contributed by atoms with Crippen LogP contribution in [0.15, 0.2) is 59.8 Å². The predicted molar refractivity (Wildman–Crippen MR) is 71.6 cm³/mol. The summed E-state index contributed by atoms with van der Waals surface area (Å²) in [5.74, 6) is 0.665. The van der Waals surface area contributed by atoms with Crippen molar-refractivity contribution in [2.24, 2.45) is 5.16 Å². The van der Waals surface area contributed by atoms with E-state index in [1.54, 1.807) is 7.11 Å². The van der Waals surface area contributed by atoms with Crippen molar-refractivity contribution in [3.05, 3.63) is 65.7 Å². The maximum absolute atomic E-state index is 8.85. The highest BCUT2D eigenvalue weighted by molar-refractivity contribution is 5.74. The van der Waals surface area contributed by atoms with E-state index in [-0.39, 0.29) is 5.92 Å². The monoisotopic (exact) mass is 241 g/mol. The van der Waals surface area contributed by atoms with Gasteiger partial charge in [0.05, 0.1) is 19.2 Å². The van der Waals surface area contributed by atoms with Crippen molar-refractivity contribution >= 4 is 6.21 Å². The Morgan fingerprint density at radius 2 is 1.72 bits per heavy atom. The van der Waals surface area contributed by atoms with E-state index in [0.29, 0.717) is 0 Å². The largest absolute Gasteiger partial charge is 0.496 e. The average Bonchev–Trinajstić information content (AvgIpc) is 2.46. The first-order chi connectivity index (χ1) is 8.86. The fourth-order valence-corrected chi connectivity index (χ4v) is 2.00. The summed E-state index contributed by atoms with van der Waals surface area (Å²) in [6, 6.07) is 17.6. The van der Waals surface area contributed by atoms with E-state index in [0.717, 1.165) is 16.9 Å². The van der Waals surface area contributed by atoms with Crippen LogP contribution in [-0.2, 0) is 0 Å². The van der Waals surface area contributed by atoms with E-state index in [4.69, 9.17) is 9.94 Å². The van der Waals surface area contributed by atoms with Crippen molar-refractivity contribution in [3.8, 4) is 5.75 Å². The smallest absolute Gasteiger partial charge is 0.123 e. The van der Waals surface area contributed by atoms with Gasteiger partial charge in [-0.05, 0) is 11.6 Å². The Bertz CT molecular complexity index is 523. The molecule has 18 heavy (non-hydrogen) atoms. The Morgan fingerprint density at radius 3 is 2.39 bits per heavy atom. The number of hydrogen-bond donors (Lipinski definition) is 1. The average molecular weight is 241 g/mol. The quantitative estimate of drug-likeness (QED) is 0.507. The third-order valence-electron chi connectivity index (χ3n) is 2.85. The van der Waals surface area contributed by atoms with E-state index >= 15 is 0 Å². The lowest BCUT2D eigenvalue weighted by Crippen LogP contribution is -2.04. The lowest BCUT2D eigenvalue weighted by molar-refractivity contribution is 0.320. The van der Waals surface area contributed by atoms with Gasteiger partial charge in [-0.3, -0.25) is 0 Å². The fraction of sp³-hybridized carbons (Fsp3) is 0.133. The molecule has 1 N–H and O–H groups in total. The fourth-order valence-electron chi connectivity index (χ4n) is 2.00. The first-order valence-corrected chi connectivity index (χ1v) is 5.72. The topological polar surface area (TPSA) is 41.8 Å². The van der Waals surface area contributed by atoms with Gasteiger partial charge in [0.25, 0.3) is 0 Å². The zero-order valence-corrected chi connectivity index (χ0v) is 10.2. The van der Waals surface area contributed by atoms with Crippen LogP contribution in [0, 0.1) is 0 Å². The summed E-state index contributed by atoms with van der Waals surface area (Å²) in [5, 5.41) is 12.0. The van der Waals surface area contributed by atoms with Crippen LogP contribution in [0.5, 0.6) is 5.75 Å². The molecule has 2 aromatic carbocycles. The summed E-state index contributed by atoms with van der Waals surface area (Å²) >= 11 is 0. The highest BCUT2D eigenvalue weighted by Gasteiger charge is 2.15. The second-order valence-electron chi connectivity index (χ2n) is 3.89. The van der Waals surface area contributed by atoms with Crippen molar-refractivity contribution < 1.29 is 9.94 Å². The molecule has 3 heteroatoms. The van der Waals surface area contributed by atoms with E-state index in [9.17, 15) is 0 Å². The van der Waals surface area contributed by atoms with Crippen molar-refractivity contribution in [1.29, 1.82) is 0 Å². The van der Waals surface area contributed by atoms with Crippen molar-refractivity contribution in [1.82, 2.24) is 0 Å². The molecule has 0 fully saturated rings. The lowest BCUT2D eigenvalue weighted by Gasteiger charge is -2.15. The summed E-state index contributed by atoms with van der Waals surface area (Å²) < 4.78 is 5.35. The highest BCUT2D eigenvalue weighted by Crippen LogP contribution is 2.30. The summed E-state index contributed by atoms with van der Waals surface area (Å²) in [7, 11) is 1.64. The van der Waals surface area contributed by atoms with Gasteiger partial charge in [0.2, 0.25) is 0 Å². The number of nitrogens with zero attached hydrogens (tertiary/aromatic N) is 1. The number of methoxy groups -OCH3 is 1. The molecule has 0 heterocycles. The molecule has 0 saturated carbocycles. The molecular formula is C15H15NO2. The molecule has 0 spiro atoms. The minimum absolute atomic E-state index is 0.118. The van der Waals surface area contributed by atoms with Crippen molar-refractivity contribution in [2.75, 3.05) is 7.11 Å². The van der Waals surface area contributed by atoms with Crippen molar-refractivity contribution in [3.63, 3.8) is 0 Å². The van der Waals surface area contributed by atoms with Crippen LogP contribution in [0.4, 0.5) is 0 Å². The molecule has 1 atom stereocenters. The standard InChI is InChI=1S/C15H15NO2/c1-18-15-10-6-5-9-13(15)14(11-16-17)12-7-3-2-4-8-12/h2-11,14,17H,1H3/b16-11+. The Balaban J connectivity index is 2.48. The molecule has 0 radical (unpaired) electrons. The summed E-state index contributed by atoms with van der Waals surface area (Å²) in [5.41, 5.74) is 2.03. The molecular weight excluding hydrogens is 226 g/mol. The number of hydrogen-bond acceptors (Lipinski definition) is 3. The second-order valence-corrected chi connectivity index (χ2v) is 3.89. The third kappa shape index (κ3) is 2.51. The zero-order valence-electron chi connectivity index (χ0n) is 10.2. The molecule has 0 aromatic heterocycles. The Kier molecular flexibility index (Phi) is 3.97. The van der Waals surface area contributed by atoms with Crippen LogP contribution in [-0.4, -0.2) is 18.5 Å². The maximum atomic E-state index is 8.85. The summed E-state index contributed by atoms with van der Waals surface area (Å²) in [4.78, 5) is 0. The third-order valence-corrected chi connectivity index (χ3v) is 2.85. The molecule has 0 aliphatic rings. The normalized spacial score (nSPS) is 12.5. The molecule has 0 saturated heterocycles. The van der Waals surface area contributed by atoms with Crippen molar-refractivity contribution in [2.45, 2.75) is 5.92 Å². The highest BCUT2D eigenvalue weighted by atomic mass is 16.5. The molecule has 2 aromatic rings.